The van der Waals surface area contributed by atoms with E-state index in [2.05, 4.69) is 46.9 Å². The standard InChI is InChI=1S/C23H30ClN5/c1-23(2,20(24)16-26-17-28-19-11-13-25-14-12-19)21-9-6-10-22(29-21)27-15-18-7-4-3-5-8-18/h3-10,16-17,19,25H,11-15H2,1-2H3,(H,26,28)(H,27,29)/b20-16+. The van der Waals surface area contributed by atoms with Gasteiger partial charge in [0.25, 0.3) is 0 Å². The Labute approximate surface area is 178 Å². The Kier molecular flexibility index (Phi) is 7.67. The van der Waals surface area contributed by atoms with Crippen molar-refractivity contribution in [3.8, 4) is 0 Å². The first kappa shape index (κ1) is 21.3. The Morgan fingerprint density at radius 1 is 1.17 bits per heavy atom. The lowest BCUT2D eigenvalue weighted by Gasteiger charge is -2.24. The van der Waals surface area contributed by atoms with E-state index >= 15 is 0 Å². The molecule has 1 aliphatic rings. The molecule has 6 heteroatoms. The molecule has 2 aromatic rings. The first-order valence-corrected chi connectivity index (χ1v) is 10.5. The van der Waals surface area contributed by atoms with Crippen LogP contribution in [0, 0.1) is 0 Å². The summed E-state index contributed by atoms with van der Waals surface area (Å²) in [4.78, 5) is 9.35. The van der Waals surface area contributed by atoms with Crippen molar-refractivity contribution in [1.82, 2.24) is 15.6 Å². The van der Waals surface area contributed by atoms with E-state index in [1.54, 1.807) is 12.5 Å². The van der Waals surface area contributed by atoms with Crippen molar-refractivity contribution < 1.29 is 0 Å². The van der Waals surface area contributed by atoms with Crippen LogP contribution in [0.1, 0.15) is 37.9 Å². The number of hydrogen-bond acceptors (Lipinski definition) is 4. The summed E-state index contributed by atoms with van der Waals surface area (Å²) in [7, 11) is 0. The number of anilines is 1. The van der Waals surface area contributed by atoms with E-state index in [-0.39, 0.29) is 0 Å². The number of piperidine rings is 1. The zero-order valence-electron chi connectivity index (χ0n) is 17.2. The van der Waals surface area contributed by atoms with Gasteiger partial charge in [-0.3, -0.25) is 4.99 Å². The van der Waals surface area contributed by atoms with Gasteiger partial charge in [-0.15, -0.1) is 0 Å². The molecule has 0 unspecified atom stereocenters. The quantitative estimate of drug-likeness (QED) is 0.444. The Morgan fingerprint density at radius 2 is 1.93 bits per heavy atom. The number of aliphatic imine (C=N–C) groups is 1. The number of rotatable bonds is 8. The number of halogens is 1. The van der Waals surface area contributed by atoms with Crippen molar-refractivity contribution in [3.05, 3.63) is 71.0 Å². The van der Waals surface area contributed by atoms with Crippen LogP contribution in [-0.2, 0) is 12.0 Å². The van der Waals surface area contributed by atoms with Crippen LogP contribution in [-0.4, -0.2) is 30.5 Å². The van der Waals surface area contributed by atoms with Gasteiger partial charge in [-0.25, -0.2) is 4.98 Å². The number of aromatic nitrogens is 1. The number of nitrogens with zero attached hydrogens (tertiary/aromatic N) is 2. The molecule has 0 amide bonds. The van der Waals surface area contributed by atoms with Crippen LogP contribution in [0.4, 0.5) is 5.82 Å². The van der Waals surface area contributed by atoms with E-state index in [4.69, 9.17) is 16.6 Å². The highest BCUT2D eigenvalue weighted by molar-refractivity contribution is 6.30. The van der Waals surface area contributed by atoms with Crippen molar-refractivity contribution >= 4 is 23.8 Å². The minimum Gasteiger partial charge on any atom is -0.366 e. The third-order valence-corrected chi connectivity index (χ3v) is 5.76. The molecule has 0 radical (unpaired) electrons. The summed E-state index contributed by atoms with van der Waals surface area (Å²) in [6.07, 6.45) is 5.71. The zero-order valence-corrected chi connectivity index (χ0v) is 17.9. The van der Waals surface area contributed by atoms with Gasteiger partial charge in [-0.1, -0.05) is 48.0 Å². The maximum absolute atomic E-state index is 6.62. The molecule has 1 aliphatic heterocycles. The van der Waals surface area contributed by atoms with Crippen molar-refractivity contribution in [3.63, 3.8) is 0 Å². The smallest absolute Gasteiger partial charge is 0.126 e. The monoisotopic (exact) mass is 411 g/mol. The molecule has 0 atom stereocenters. The molecule has 0 aliphatic carbocycles. The summed E-state index contributed by atoms with van der Waals surface area (Å²) in [6.45, 7) is 6.94. The Balaban J connectivity index is 1.60. The van der Waals surface area contributed by atoms with Crippen LogP contribution < -0.4 is 16.0 Å². The average molecular weight is 412 g/mol. The van der Waals surface area contributed by atoms with Crippen molar-refractivity contribution in [1.29, 1.82) is 0 Å². The first-order valence-electron chi connectivity index (χ1n) is 10.2. The molecule has 0 spiro atoms. The van der Waals surface area contributed by atoms with E-state index in [0.29, 0.717) is 11.1 Å². The van der Waals surface area contributed by atoms with Crippen LogP contribution in [0.5, 0.6) is 0 Å². The molecular formula is C23H30ClN5. The number of nitrogens with one attached hydrogen (secondary N) is 3. The number of pyridine rings is 1. The average Bonchev–Trinajstić information content (AvgIpc) is 2.77. The molecule has 0 saturated carbocycles. The number of allylic oxidation sites excluding steroid dienone is 1. The molecule has 29 heavy (non-hydrogen) atoms. The normalized spacial score (nSPS) is 16.2. The molecule has 3 rings (SSSR count). The van der Waals surface area contributed by atoms with Gasteiger partial charge >= 0.3 is 0 Å². The highest BCUT2D eigenvalue weighted by Crippen LogP contribution is 2.32. The molecule has 1 saturated heterocycles. The Hall–Kier alpha value is -2.37. The van der Waals surface area contributed by atoms with Crippen LogP contribution >= 0.6 is 11.6 Å². The predicted molar refractivity (Wildman–Crippen MR) is 122 cm³/mol. The molecule has 1 fully saturated rings. The molecule has 2 heterocycles. The van der Waals surface area contributed by atoms with Gasteiger partial charge in [-0.2, -0.15) is 0 Å². The van der Waals surface area contributed by atoms with E-state index < -0.39 is 5.41 Å². The maximum Gasteiger partial charge on any atom is 0.126 e. The molecule has 5 nitrogen and oxygen atoms in total. The molecule has 154 valence electrons. The lowest BCUT2D eigenvalue weighted by molar-refractivity contribution is 0.460. The van der Waals surface area contributed by atoms with Gasteiger partial charge in [0.15, 0.2) is 0 Å². The lowest BCUT2D eigenvalue weighted by atomic mass is 9.88. The first-order chi connectivity index (χ1) is 14.1. The van der Waals surface area contributed by atoms with Gasteiger partial charge in [0.1, 0.15) is 5.82 Å². The zero-order chi connectivity index (χ0) is 20.5. The summed E-state index contributed by atoms with van der Waals surface area (Å²) in [5, 5.41) is 10.5. The Bertz CT molecular complexity index is 826. The maximum atomic E-state index is 6.62. The summed E-state index contributed by atoms with van der Waals surface area (Å²) >= 11 is 6.62. The van der Waals surface area contributed by atoms with E-state index in [0.717, 1.165) is 44.0 Å². The van der Waals surface area contributed by atoms with Crippen LogP contribution in [0.15, 0.2) is 64.8 Å². The van der Waals surface area contributed by atoms with Crippen LogP contribution in [0.3, 0.4) is 0 Å². The highest BCUT2D eigenvalue weighted by Gasteiger charge is 2.26. The van der Waals surface area contributed by atoms with Crippen LogP contribution in [0.25, 0.3) is 0 Å². The van der Waals surface area contributed by atoms with Gasteiger partial charge in [-0.05, 0) is 57.5 Å². The molecular weight excluding hydrogens is 382 g/mol. The molecule has 1 aromatic carbocycles. The summed E-state index contributed by atoms with van der Waals surface area (Å²) < 4.78 is 0. The van der Waals surface area contributed by atoms with Gasteiger partial charge in [0.2, 0.25) is 0 Å². The van der Waals surface area contributed by atoms with Gasteiger partial charge in [0.05, 0.1) is 18.1 Å². The summed E-state index contributed by atoms with van der Waals surface area (Å²) in [6, 6.07) is 16.7. The minimum absolute atomic E-state index is 0.387. The minimum atomic E-state index is -0.415. The van der Waals surface area contributed by atoms with Gasteiger partial charge < -0.3 is 16.0 Å². The Morgan fingerprint density at radius 3 is 2.69 bits per heavy atom. The second-order valence-electron chi connectivity index (χ2n) is 7.79. The largest absolute Gasteiger partial charge is 0.366 e. The van der Waals surface area contributed by atoms with Crippen molar-refractivity contribution in [2.75, 3.05) is 18.4 Å². The summed E-state index contributed by atoms with van der Waals surface area (Å²) in [5.41, 5.74) is 1.71. The molecule has 0 bridgehead atoms. The number of hydrogen-bond donors (Lipinski definition) is 3. The number of benzene rings is 1. The second kappa shape index (κ2) is 10.4. The highest BCUT2D eigenvalue weighted by atomic mass is 35.5. The van der Waals surface area contributed by atoms with Crippen molar-refractivity contribution in [2.24, 2.45) is 4.99 Å². The second-order valence-corrected chi connectivity index (χ2v) is 8.20. The summed E-state index contributed by atoms with van der Waals surface area (Å²) in [5.74, 6) is 0.837. The lowest BCUT2D eigenvalue weighted by Crippen LogP contribution is -2.30. The topological polar surface area (TPSA) is 61.3 Å². The SMILES string of the molecule is CC(C)(/C(Cl)=C\NC=NC1CCNCC1)c1cccc(NCc2ccccc2)n1. The third-order valence-electron chi connectivity index (χ3n) is 5.18. The fraction of sp³-hybridized carbons (Fsp3) is 0.391. The predicted octanol–water partition coefficient (Wildman–Crippen LogP) is 4.42. The molecule has 3 N–H and O–H groups in total. The fourth-order valence-electron chi connectivity index (χ4n) is 3.19. The van der Waals surface area contributed by atoms with E-state index in [9.17, 15) is 0 Å². The third kappa shape index (κ3) is 6.31. The van der Waals surface area contributed by atoms with E-state index in [1.165, 1.54) is 5.56 Å². The van der Waals surface area contributed by atoms with Crippen LogP contribution in [0.2, 0.25) is 0 Å². The molecule has 1 aromatic heterocycles. The fourth-order valence-corrected chi connectivity index (χ4v) is 3.35. The van der Waals surface area contributed by atoms with Gasteiger partial charge in [0, 0.05) is 23.2 Å². The van der Waals surface area contributed by atoms with E-state index in [1.807, 2.05) is 36.4 Å². The van der Waals surface area contributed by atoms with Crippen molar-refractivity contribution in [2.45, 2.75) is 44.7 Å².